The molecule has 4 rings (SSSR count). The summed E-state index contributed by atoms with van der Waals surface area (Å²) < 4.78 is 8.28. The number of likely N-dealkylation sites (N-methyl/N-ethyl adjacent to an activating group) is 1. The normalized spacial score (nSPS) is 22.7. The maximum absolute atomic E-state index is 7.91. The van der Waals surface area contributed by atoms with E-state index in [0.717, 1.165) is 36.2 Å². The van der Waals surface area contributed by atoms with Gasteiger partial charge in [0, 0.05) is 49.0 Å². The van der Waals surface area contributed by atoms with Gasteiger partial charge in [0.15, 0.2) is 18.1 Å². The molecule has 188 valence electrons. The van der Waals surface area contributed by atoms with Crippen molar-refractivity contribution in [3.8, 4) is 11.3 Å². The lowest BCUT2D eigenvalue weighted by molar-refractivity contribution is -0.718. The SMILES string of the molecule is C=C(OC(C)=N)/C1=C(\CC)CCC2C(C(=C)N(C)\C1=C/C)c1cc(C)ccc1-c1cc(C)c(C)c[n+]12. The minimum absolute atomic E-state index is 0.135. The molecule has 0 saturated heterocycles. The highest BCUT2D eigenvalue weighted by atomic mass is 16.5. The van der Waals surface area contributed by atoms with E-state index in [1.165, 1.54) is 39.1 Å². The predicted molar refractivity (Wildman–Crippen MR) is 149 cm³/mol. The number of ether oxygens (including phenoxy) is 1. The van der Waals surface area contributed by atoms with E-state index in [2.05, 4.69) is 94.3 Å². The van der Waals surface area contributed by atoms with E-state index in [-0.39, 0.29) is 17.9 Å². The molecule has 4 heteroatoms. The molecule has 2 aliphatic heterocycles. The molecule has 0 fully saturated rings. The first-order valence-electron chi connectivity index (χ1n) is 13.0. The van der Waals surface area contributed by atoms with Crippen molar-refractivity contribution in [1.82, 2.24) is 4.90 Å². The summed E-state index contributed by atoms with van der Waals surface area (Å²) in [5.41, 5.74) is 12.2. The van der Waals surface area contributed by atoms with Crippen LogP contribution in [-0.4, -0.2) is 17.8 Å². The molecule has 0 bridgehead atoms. The first kappa shape index (κ1) is 25.7. The monoisotopic (exact) mass is 482 g/mol. The summed E-state index contributed by atoms with van der Waals surface area (Å²) in [5, 5.41) is 7.91. The molecule has 2 aliphatic rings. The van der Waals surface area contributed by atoms with Crippen LogP contribution in [0.5, 0.6) is 0 Å². The van der Waals surface area contributed by atoms with Crippen LogP contribution in [-0.2, 0) is 4.74 Å². The minimum Gasteiger partial charge on any atom is -0.444 e. The average molecular weight is 483 g/mol. The van der Waals surface area contributed by atoms with E-state index >= 15 is 0 Å². The van der Waals surface area contributed by atoms with E-state index in [4.69, 9.17) is 16.7 Å². The molecular weight excluding hydrogens is 442 g/mol. The van der Waals surface area contributed by atoms with Crippen molar-refractivity contribution in [3.05, 3.63) is 100 Å². The molecule has 2 unspecified atom stereocenters. The Kier molecular flexibility index (Phi) is 7.08. The van der Waals surface area contributed by atoms with Crippen molar-refractivity contribution in [2.75, 3.05) is 7.05 Å². The largest absolute Gasteiger partial charge is 0.444 e. The van der Waals surface area contributed by atoms with Gasteiger partial charge in [-0.05, 0) is 57.7 Å². The molecule has 0 saturated carbocycles. The van der Waals surface area contributed by atoms with Gasteiger partial charge in [-0.1, -0.05) is 49.4 Å². The summed E-state index contributed by atoms with van der Waals surface area (Å²) in [5.74, 6) is 0.816. The third-order valence-corrected chi connectivity index (χ3v) is 7.90. The summed E-state index contributed by atoms with van der Waals surface area (Å²) in [6, 6.07) is 9.44. The number of aromatic nitrogens is 1. The molecule has 1 aromatic heterocycles. The Balaban J connectivity index is 1.97. The highest BCUT2D eigenvalue weighted by molar-refractivity contribution is 5.72. The first-order chi connectivity index (χ1) is 17.1. The third-order valence-electron chi connectivity index (χ3n) is 7.90. The Morgan fingerprint density at radius 3 is 2.58 bits per heavy atom. The van der Waals surface area contributed by atoms with Crippen molar-refractivity contribution < 1.29 is 9.30 Å². The zero-order valence-electron chi connectivity index (χ0n) is 23.0. The number of rotatable bonds is 3. The molecule has 2 atom stereocenters. The van der Waals surface area contributed by atoms with Crippen LogP contribution in [0, 0.1) is 26.2 Å². The second-order valence-corrected chi connectivity index (χ2v) is 10.2. The number of aryl methyl sites for hydroxylation is 3. The molecule has 0 radical (unpaired) electrons. The van der Waals surface area contributed by atoms with Gasteiger partial charge in [0.05, 0.1) is 11.5 Å². The van der Waals surface area contributed by atoms with Crippen molar-refractivity contribution in [2.45, 2.75) is 72.8 Å². The van der Waals surface area contributed by atoms with Crippen LogP contribution in [0.2, 0.25) is 0 Å². The van der Waals surface area contributed by atoms with Gasteiger partial charge in [0.2, 0.25) is 5.69 Å². The fraction of sp³-hybridized carbons (Fsp3) is 0.375. The van der Waals surface area contributed by atoms with Gasteiger partial charge >= 0.3 is 0 Å². The number of nitrogens with zero attached hydrogens (tertiary/aromatic N) is 2. The van der Waals surface area contributed by atoms with Gasteiger partial charge in [-0.2, -0.15) is 4.57 Å². The molecule has 3 heterocycles. The summed E-state index contributed by atoms with van der Waals surface area (Å²) in [6.45, 7) is 21.4. The van der Waals surface area contributed by atoms with Crippen molar-refractivity contribution in [1.29, 1.82) is 5.41 Å². The van der Waals surface area contributed by atoms with Gasteiger partial charge in [0.1, 0.15) is 5.76 Å². The number of pyridine rings is 1. The van der Waals surface area contributed by atoms with Gasteiger partial charge in [-0.15, -0.1) is 0 Å². The molecule has 1 N–H and O–H groups in total. The fourth-order valence-electron chi connectivity index (χ4n) is 5.94. The summed E-state index contributed by atoms with van der Waals surface area (Å²) >= 11 is 0. The standard InChI is InChI=1S/C32H40N3O/c1-10-25-13-15-29-31(22(6)34(9)28(11-2)32(25)23(7)36-24(8)33)27-16-19(3)12-14-26(27)30-17-20(4)21(5)18-35(29)30/h11-12,14,16-18,29,31,33H,6-7,10,13,15H2,1-5,8-9H3/q+1/b28-11-,32-25-,33-24?. The first-order valence-corrected chi connectivity index (χ1v) is 13.0. The van der Waals surface area contributed by atoms with E-state index < -0.39 is 0 Å². The molecule has 36 heavy (non-hydrogen) atoms. The maximum atomic E-state index is 7.91. The van der Waals surface area contributed by atoms with Crippen LogP contribution in [0.15, 0.2) is 78.0 Å². The zero-order valence-corrected chi connectivity index (χ0v) is 23.0. The van der Waals surface area contributed by atoms with E-state index in [0.29, 0.717) is 5.76 Å². The van der Waals surface area contributed by atoms with Crippen LogP contribution >= 0.6 is 0 Å². The molecule has 4 nitrogen and oxygen atoms in total. The highest BCUT2D eigenvalue weighted by Crippen LogP contribution is 2.48. The Hall–Kier alpha value is -3.40. The topological polar surface area (TPSA) is 40.2 Å². The van der Waals surface area contributed by atoms with Gasteiger partial charge in [0.25, 0.3) is 0 Å². The Labute approximate surface area is 216 Å². The quantitative estimate of drug-likeness (QED) is 0.212. The number of fused-ring (bicyclic) bond motifs is 6. The molecule has 0 amide bonds. The molecule has 0 aliphatic carbocycles. The molecular formula is C32H40N3O+. The van der Waals surface area contributed by atoms with Crippen LogP contribution < -0.4 is 4.57 Å². The van der Waals surface area contributed by atoms with Crippen LogP contribution in [0.1, 0.15) is 74.2 Å². The smallest absolute Gasteiger partial charge is 0.213 e. The summed E-state index contributed by atoms with van der Waals surface area (Å²) in [4.78, 5) is 2.22. The third kappa shape index (κ3) is 4.34. The minimum atomic E-state index is 0.135. The van der Waals surface area contributed by atoms with Crippen molar-refractivity contribution in [2.24, 2.45) is 0 Å². The van der Waals surface area contributed by atoms with Gasteiger partial charge in [-0.25, -0.2) is 0 Å². The average Bonchev–Trinajstić information content (AvgIpc) is 2.87. The van der Waals surface area contributed by atoms with Crippen molar-refractivity contribution >= 4 is 5.90 Å². The summed E-state index contributed by atoms with van der Waals surface area (Å²) in [7, 11) is 2.11. The molecule has 0 spiro atoms. The van der Waals surface area contributed by atoms with Crippen LogP contribution in [0.4, 0.5) is 0 Å². The van der Waals surface area contributed by atoms with Crippen molar-refractivity contribution in [3.63, 3.8) is 0 Å². The maximum Gasteiger partial charge on any atom is 0.213 e. The van der Waals surface area contributed by atoms with Gasteiger partial charge in [-0.3, -0.25) is 5.41 Å². The predicted octanol–water partition coefficient (Wildman–Crippen LogP) is 7.58. The molecule has 2 aromatic rings. The van der Waals surface area contributed by atoms with Crippen LogP contribution in [0.3, 0.4) is 0 Å². The zero-order chi connectivity index (χ0) is 26.3. The van der Waals surface area contributed by atoms with Crippen LogP contribution in [0.25, 0.3) is 11.3 Å². The second-order valence-electron chi connectivity index (χ2n) is 10.2. The van der Waals surface area contributed by atoms with E-state index in [1.807, 2.05) is 0 Å². The summed E-state index contributed by atoms with van der Waals surface area (Å²) in [6.07, 6.45) is 7.25. The highest BCUT2D eigenvalue weighted by Gasteiger charge is 2.44. The Bertz CT molecular complexity index is 1330. The lowest BCUT2D eigenvalue weighted by Crippen LogP contribution is -2.49. The number of nitrogens with one attached hydrogen (secondary N) is 1. The lowest BCUT2D eigenvalue weighted by atomic mass is 9.78. The van der Waals surface area contributed by atoms with E-state index in [1.54, 1.807) is 6.92 Å². The Morgan fingerprint density at radius 1 is 1.22 bits per heavy atom. The number of allylic oxidation sites excluding steroid dienone is 3. The lowest BCUT2D eigenvalue weighted by Gasteiger charge is -2.36. The van der Waals surface area contributed by atoms with E-state index in [9.17, 15) is 0 Å². The number of hydrogen-bond acceptors (Lipinski definition) is 3. The van der Waals surface area contributed by atoms with Gasteiger partial charge < -0.3 is 9.64 Å². The number of benzene rings is 1. The number of hydrogen-bond donors (Lipinski definition) is 1. The molecule has 1 aromatic carbocycles. The fourth-order valence-corrected chi connectivity index (χ4v) is 5.94. The Morgan fingerprint density at radius 2 is 1.94 bits per heavy atom. The second kappa shape index (κ2) is 9.93.